The van der Waals surface area contributed by atoms with E-state index in [9.17, 15) is 29.1 Å². The highest BCUT2D eigenvalue weighted by atomic mass is 28.4. The molecule has 2 unspecified atom stereocenters. The van der Waals surface area contributed by atoms with E-state index in [1.165, 1.54) is 19.1 Å². The summed E-state index contributed by atoms with van der Waals surface area (Å²) in [6.07, 6.45) is -11.7. The number of rotatable bonds is 17. The molecule has 1 saturated heterocycles. The topological polar surface area (TPSA) is 255 Å². The summed E-state index contributed by atoms with van der Waals surface area (Å²) in [5, 5.41) is 19.5. The van der Waals surface area contributed by atoms with Gasteiger partial charge in [-0.1, -0.05) is 150 Å². The number of carbonyl (C=O) groups is 8. The predicted octanol–water partition coefficient (Wildman–Crippen LogP) is 9.85. The first kappa shape index (κ1) is 64.7. The summed E-state index contributed by atoms with van der Waals surface area (Å²) in [6.45, 7) is 17.0. The van der Waals surface area contributed by atoms with E-state index in [0.29, 0.717) is 11.1 Å². The Morgan fingerprint density at radius 3 is 1.86 bits per heavy atom. The average Bonchev–Trinajstić information content (AvgIpc) is 0.786. The third-order valence-corrected chi connectivity index (χ3v) is 24.1. The maximum Gasteiger partial charge on any atom is 0.407 e. The summed E-state index contributed by atoms with van der Waals surface area (Å²) in [6, 6.07) is 39.5. The van der Waals surface area contributed by atoms with Crippen molar-refractivity contribution in [2.75, 3.05) is 19.8 Å². The number of benzene rings is 5. The minimum Gasteiger partial charge on any atom is -0.460 e. The Labute approximate surface area is 524 Å². The summed E-state index contributed by atoms with van der Waals surface area (Å²) in [5.41, 5.74) is -3.59. The molecule has 5 aliphatic rings. The fourth-order valence-electron chi connectivity index (χ4n) is 13.9. The Morgan fingerprint density at radius 2 is 1.30 bits per heavy atom. The lowest BCUT2D eigenvalue weighted by molar-refractivity contribution is -0.346. The molecule has 10 rings (SSSR count). The molecule has 90 heavy (non-hydrogen) atoms. The van der Waals surface area contributed by atoms with Crippen molar-refractivity contribution in [3.63, 3.8) is 0 Å². The van der Waals surface area contributed by atoms with Crippen LogP contribution in [0.15, 0.2) is 151 Å². The highest BCUT2D eigenvalue weighted by molar-refractivity contribution is 6.74. The van der Waals surface area contributed by atoms with Gasteiger partial charge in [0.15, 0.2) is 31.9 Å². The number of esters is 5. The van der Waals surface area contributed by atoms with Crippen LogP contribution in [0.2, 0.25) is 18.1 Å². The van der Waals surface area contributed by atoms with Crippen molar-refractivity contribution in [3.8, 4) is 11.1 Å². The summed E-state index contributed by atoms with van der Waals surface area (Å²) < 4.78 is 51.3. The van der Waals surface area contributed by atoms with Crippen molar-refractivity contribution in [1.29, 1.82) is 0 Å². The van der Waals surface area contributed by atoms with E-state index in [1.807, 2.05) is 82.4 Å². The summed E-state index contributed by atoms with van der Waals surface area (Å²) in [4.78, 5) is 117. The zero-order chi connectivity index (χ0) is 64.9. The number of alkyl carbamates (subject to hydrolysis) is 1. The first-order valence-corrected chi connectivity index (χ1v) is 33.2. The molecule has 4 aliphatic carbocycles. The molecule has 19 nitrogen and oxygen atoms in total. The van der Waals surface area contributed by atoms with Gasteiger partial charge in [0.1, 0.15) is 43.2 Å². The number of hydrogen-bond donors (Lipinski definition) is 3. The van der Waals surface area contributed by atoms with Gasteiger partial charge in [-0.15, -0.1) is 0 Å². The van der Waals surface area contributed by atoms with E-state index < -0.39 is 151 Å². The van der Waals surface area contributed by atoms with E-state index in [4.69, 9.17) is 37.6 Å². The molecule has 3 N–H and O–H groups in total. The largest absolute Gasteiger partial charge is 0.460 e. The van der Waals surface area contributed by atoms with Crippen molar-refractivity contribution < 1.29 is 81.0 Å². The first-order chi connectivity index (χ1) is 42.5. The highest BCUT2D eigenvalue weighted by Gasteiger charge is 2.79. The second-order valence-electron chi connectivity index (χ2n) is 26.3. The van der Waals surface area contributed by atoms with Crippen LogP contribution in [0.4, 0.5) is 4.79 Å². The quantitative estimate of drug-likeness (QED) is 0.0339. The van der Waals surface area contributed by atoms with Crippen LogP contribution in [-0.2, 0) is 61.6 Å². The third kappa shape index (κ3) is 11.8. The Bertz CT molecular complexity index is 3600. The van der Waals surface area contributed by atoms with E-state index in [-0.39, 0.29) is 35.7 Å². The van der Waals surface area contributed by atoms with Crippen LogP contribution in [0.1, 0.15) is 125 Å². The number of carbonyl (C=O) groups excluding carboxylic acids is 8. The van der Waals surface area contributed by atoms with E-state index in [2.05, 4.69) is 10.6 Å². The Balaban J connectivity index is 1.07. The number of Topliss-reactive ketones (excluding diaryl/α,β-unsaturated/α-hetero) is 1. The van der Waals surface area contributed by atoms with Gasteiger partial charge in [-0.2, -0.15) is 0 Å². The Hall–Kier alpha value is -8.30. The van der Waals surface area contributed by atoms with E-state index in [0.717, 1.165) is 36.1 Å². The van der Waals surface area contributed by atoms with Crippen LogP contribution in [0.25, 0.3) is 11.1 Å². The van der Waals surface area contributed by atoms with Crippen LogP contribution in [0, 0.1) is 16.7 Å². The van der Waals surface area contributed by atoms with Crippen molar-refractivity contribution in [2.45, 2.75) is 153 Å². The number of amides is 2. The summed E-state index contributed by atoms with van der Waals surface area (Å²) in [7, 11) is -3.02. The number of ketones is 1. The molecule has 474 valence electrons. The van der Waals surface area contributed by atoms with Crippen LogP contribution >= 0.6 is 0 Å². The van der Waals surface area contributed by atoms with Crippen LogP contribution in [0.5, 0.6) is 0 Å². The molecular weight excluding hydrogens is 1170 g/mol. The zero-order valence-corrected chi connectivity index (χ0v) is 53.5. The number of ether oxygens (including phenoxy) is 7. The average molecular weight is 1250 g/mol. The standard InChI is InChI=1S/C70H78N2O17Si/c1-40-51(85-64(79)58(89-90(10,11)66(4,5)6)56(43-25-15-12-16-26-43)72-62(77)44-27-17-13-18-28-44)36-70(81)61(87-63(78)45-29-19-14-20-30-45)59-68(9,60(76)57(84-41(2)73)55(40)67(70,7)8)52(35-53-69(59,39-83-53)88-42(3)74)86-54(75)37-71-65(80)82-38-50-48-33-23-21-31-46(48)47-32-22-24-34-49(47)50/h12-34,50-53,56-59,61,81H,35-39H2,1-11H3,(H,71,80)(H,72,77)/t51-,52-,53+,56?,57+,58+,59?,61-,68+,69-,70+/m0/s1. The summed E-state index contributed by atoms with van der Waals surface area (Å²) in [5.74, 6) is -8.26. The summed E-state index contributed by atoms with van der Waals surface area (Å²) >= 11 is 0. The monoisotopic (exact) mass is 1250 g/mol. The second-order valence-corrected chi connectivity index (χ2v) is 31.1. The number of hydrogen-bond acceptors (Lipinski definition) is 17. The van der Waals surface area contributed by atoms with Gasteiger partial charge < -0.3 is 53.3 Å². The van der Waals surface area contributed by atoms with Gasteiger partial charge >= 0.3 is 35.9 Å². The van der Waals surface area contributed by atoms with Gasteiger partial charge in [-0.25, -0.2) is 14.4 Å². The predicted molar refractivity (Wildman–Crippen MR) is 331 cm³/mol. The molecule has 0 spiro atoms. The highest BCUT2D eigenvalue weighted by Crippen LogP contribution is 2.65. The van der Waals surface area contributed by atoms with Crippen molar-refractivity contribution in [1.82, 2.24) is 10.6 Å². The number of nitrogens with one attached hydrogen (secondary N) is 2. The molecule has 5 aromatic rings. The molecule has 2 saturated carbocycles. The SMILES string of the molecule is CC(=O)O[C@H]1C(=O)[C@@]2(C)C([C@H](OC(=O)c3ccccc3)[C@]3(O)C[C@H](OC(=O)[C@H](O[Si](C)(C)C(C)(C)C)C(NC(=O)c4ccccc4)c4ccccc4)C(C)=C1C3(C)C)[C@]1(OC(C)=O)CO[C@@H]1C[C@@H]2OC(=O)CNC(=O)OCC1c2ccccc2-c2ccccc21. The molecule has 0 radical (unpaired) electrons. The molecule has 3 fully saturated rings. The first-order valence-electron chi connectivity index (χ1n) is 30.3. The van der Waals surface area contributed by atoms with Crippen molar-refractivity contribution in [3.05, 3.63) is 178 Å². The maximum atomic E-state index is 16.7. The minimum atomic E-state index is -3.02. The van der Waals surface area contributed by atoms with Gasteiger partial charge in [0.05, 0.1) is 29.5 Å². The lowest BCUT2D eigenvalue weighted by Crippen LogP contribution is -2.82. The Kier molecular flexibility index (Phi) is 17.8. The van der Waals surface area contributed by atoms with Gasteiger partial charge in [-0.05, 0) is 95.2 Å². The fourth-order valence-corrected chi connectivity index (χ4v) is 15.1. The lowest BCUT2D eigenvalue weighted by Gasteiger charge is -2.67. The van der Waals surface area contributed by atoms with Crippen molar-refractivity contribution >= 4 is 55.9 Å². The molecule has 20 heteroatoms. The van der Waals surface area contributed by atoms with Gasteiger partial charge in [0, 0.05) is 43.6 Å². The van der Waals surface area contributed by atoms with E-state index >= 15 is 14.4 Å². The third-order valence-electron chi connectivity index (χ3n) is 19.6. The molecule has 2 amide bonds. The molecular formula is C70H78N2O17Si. The lowest BCUT2D eigenvalue weighted by atomic mass is 9.44. The van der Waals surface area contributed by atoms with Crippen LogP contribution in [-0.4, -0.2) is 129 Å². The Morgan fingerprint density at radius 1 is 0.733 bits per heavy atom. The second kappa shape index (κ2) is 24.8. The normalized spacial score (nSPS) is 26.3. The molecule has 5 aromatic carbocycles. The number of fused-ring (bicyclic) bond motifs is 8. The van der Waals surface area contributed by atoms with Crippen LogP contribution in [0.3, 0.4) is 0 Å². The van der Waals surface area contributed by atoms with E-state index in [1.54, 1.807) is 99.6 Å². The van der Waals surface area contributed by atoms with Crippen molar-refractivity contribution in [2.24, 2.45) is 16.7 Å². The maximum absolute atomic E-state index is 16.7. The molecule has 11 atom stereocenters. The molecule has 0 aromatic heterocycles. The molecule has 1 aliphatic heterocycles. The minimum absolute atomic E-state index is 0.0219. The zero-order valence-electron chi connectivity index (χ0n) is 52.5. The molecule has 2 bridgehead atoms. The van der Waals surface area contributed by atoms with Gasteiger partial charge in [0.2, 0.25) is 0 Å². The fraction of sp³-hybridized carbons (Fsp3) is 0.429. The van der Waals surface area contributed by atoms with Gasteiger partial charge in [0.25, 0.3) is 5.91 Å². The van der Waals surface area contributed by atoms with Gasteiger partial charge in [-0.3, -0.25) is 24.0 Å². The van der Waals surface area contributed by atoms with Crippen LogP contribution < -0.4 is 10.6 Å². The number of aliphatic hydroxyl groups is 1. The molecule has 1 heterocycles. The smallest absolute Gasteiger partial charge is 0.407 e.